The van der Waals surface area contributed by atoms with Crippen LogP contribution in [0.25, 0.3) is 21.8 Å². The number of aromatic nitrogens is 1. The van der Waals surface area contributed by atoms with Crippen molar-refractivity contribution in [3.05, 3.63) is 45.3 Å². The molecule has 4 rings (SSSR count). The fourth-order valence-electron chi connectivity index (χ4n) is 4.41. The van der Waals surface area contributed by atoms with Crippen molar-refractivity contribution in [1.29, 1.82) is 0 Å². The van der Waals surface area contributed by atoms with Gasteiger partial charge in [-0.1, -0.05) is 31.9 Å². The van der Waals surface area contributed by atoms with Gasteiger partial charge in [0.25, 0.3) is 0 Å². The Morgan fingerprint density at radius 1 is 1.04 bits per heavy atom. The molecule has 0 amide bonds. The van der Waals surface area contributed by atoms with Crippen molar-refractivity contribution in [2.24, 2.45) is 0 Å². The van der Waals surface area contributed by atoms with Gasteiger partial charge in [0.15, 0.2) is 0 Å². The minimum atomic E-state index is -0.399. The number of benzene rings is 2. The SMILES string of the molecule is C[C@@H]1C[NH+](C[C@H](O)Cn2c3ccc(Br)cc3c3cc(Br)ccc32)C[C@H](C)O1. The lowest BCUT2D eigenvalue weighted by atomic mass is 10.2. The molecule has 1 saturated heterocycles. The Balaban J connectivity index is 1.64. The molecule has 6 heteroatoms. The Bertz CT molecular complexity index is 902. The molecule has 0 radical (unpaired) electrons. The van der Waals surface area contributed by atoms with Gasteiger partial charge in [-0.2, -0.15) is 0 Å². The summed E-state index contributed by atoms with van der Waals surface area (Å²) in [4.78, 5) is 1.42. The largest absolute Gasteiger partial charge is 0.385 e. The number of nitrogens with zero attached hydrogens (tertiary/aromatic N) is 1. The zero-order valence-corrected chi connectivity index (χ0v) is 18.8. The summed E-state index contributed by atoms with van der Waals surface area (Å²) in [5.74, 6) is 0. The summed E-state index contributed by atoms with van der Waals surface area (Å²) in [6.07, 6.45) is 0.0985. The predicted molar refractivity (Wildman–Crippen MR) is 116 cm³/mol. The van der Waals surface area contributed by atoms with Crippen LogP contribution in [0.3, 0.4) is 0 Å². The maximum atomic E-state index is 10.9. The summed E-state index contributed by atoms with van der Waals surface area (Å²) in [6.45, 7) is 7.47. The van der Waals surface area contributed by atoms with Crippen LogP contribution in [-0.4, -0.2) is 47.6 Å². The number of aliphatic hydroxyl groups is 1. The monoisotopic (exact) mass is 495 g/mol. The van der Waals surface area contributed by atoms with E-state index in [1.807, 2.05) is 0 Å². The Kier molecular flexibility index (Phi) is 5.63. The van der Waals surface area contributed by atoms with Crippen LogP contribution in [-0.2, 0) is 11.3 Å². The number of halogens is 2. The lowest BCUT2D eigenvalue weighted by molar-refractivity contribution is -0.918. The van der Waals surface area contributed by atoms with Gasteiger partial charge >= 0.3 is 0 Å². The third-order valence-electron chi connectivity index (χ3n) is 5.32. The number of quaternary nitrogens is 1. The lowest BCUT2D eigenvalue weighted by Crippen LogP contribution is -3.16. The van der Waals surface area contributed by atoms with Crippen LogP contribution < -0.4 is 4.90 Å². The van der Waals surface area contributed by atoms with Crippen molar-refractivity contribution in [2.75, 3.05) is 19.6 Å². The molecule has 1 unspecified atom stereocenters. The lowest BCUT2D eigenvalue weighted by Gasteiger charge is -2.33. The third kappa shape index (κ3) is 4.10. The van der Waals surface area contributed by atoms with E-state index in [9.17, 15) is 5.11 Å². The van der Waals surface area contributed by atoms with E-state index in [4.69, 9.17) is 4.74 Å². The molecule has 144 valence electrons. The van der Waals surface area contributed by atoms with E-state index in [1.165, 1.54) is 15.7 Å². The first-order valence-electron chi connectivity index (χ1n) is 9.45. The highest BCUT2D eigenvalue weighted by atomic mass is 79.9. The molecule has 0 saturated carbocycles. The minimum absolute atomic E-state index is 0.249. The topological polar surface area (TPSA) is 38.8 Å². The molecule has 4 atom stereocenters. The van der Waals surface area contributed by atoms with Crippen molar-refractivity contribution in [3.63, 3.8) is 0 Å². The van der Waals surface area contributed by atoms with E-state index < -0.39 is 6.10 Å². The van der Waals surface area contributed by atoms with Gasteiger partial charge in [0.1, 0.15) is 37.9 Å². The normalized spacial score (nSPS) is 24.6. The molecule has 1 fully saturated rings. The first-order chi connectivity index (χ1) is 12.9. The van der Waals surface area contributed by atoms with E-state index in [0.29, 0.717) is 6.54 Å². The van der Waals surface area contributed by atoms with E-state index >= 15 is 0 Å². The number of morpholine rings is 1. The molecule has 27 heavy (non-hydrogen) atoms. The van der Waals surface area contributed by atoms with Gasteiger partial charge in [-0.3, -0.25) is 0 Å². The van der Waals surface area contributed by atoms with E-state index in [2.05, 4.69) is 86.7 Å². The maximum Gasteiger partial charge on any atom is 0.121 e. The Morgan fingerprint density at radius 2 is 1.56 bits per heavy atom. The van der Waals surface area contributed by atoms with Crippen molar-refractivity contribution in [1.82, 2.24) is 4.57 Å². The highest BCUT2D eigenvalue weighted by molar-refractivity contribution is 9.10. The van der Waals surface area contributed by atoms with Gasteiger partial charge in [0.05, 0.1) is 6.54 Å². The van der Waals surface area contributed by atoms with Crippen molar-refractivity contribution in [2.45, 2.75) is 38.7 Å². The van der Waals surface area contributed by atoms with Gasteiger partial charge in [-0.25, -0.2) is 0 Å². The highest BCUT2D eigenvalue weighted by Crippen LogP contribution is 2.33. The number of fused-ring (bicyclic) bond motifs is 3. The Labute approximate surface area is 176 Å². The van der Waals surface area contributed by atoms with Crippen LogP contribution in [0, 0.1) is 0 Å². The average molecular weight is 497 g/mol. The molecule has 0 aliphatic carbocycles. The second-order valence-electron chi connectivity index (χ2n) is 7.71. The number of hydrogen-bond acceptors (Lipinski definition) is 2. The van der Waals surface area contributed by atoms with Gasteiger partial charge in [-0.05, 0) is 50.2 Å². The highest BCUT2D eigenvalue weighted by Gasteiger charge is 2.27. The summed E-state index contributed by atoms with van der Waals surface area (Å²) in [5, 5.41) is 13.3. The number of nitrogens with one attached hydrogen (secondary N) is 1. The number of hydrogen-bond donors (Lipinski definition) is 2. The van der Waals surface area contributed by atoms with Gasteiger partial charge in [0.2, 0.25) is 0 Å². The standard InChI is InChI=1S/C21H24Br2N2O2/c1-13-9-24(10-14(2)27-13)11-17(26)12-25-20-5-3-15(22)7-18(20)19-8-16(23)4-6-21(19)25/h3-8,13-14,17,26H,9-12H2,1-2H3/p+1/t13-,14+,17-/m0/s1. The summed E-state index contributed by atoms with van der Waals surface area (Å²) in [6, 6.07) is 12.7. The quantitative estimate of drug-likeness (QED) is 0.581. The molecule has 3 aromatic rings. The number of rotatable bonds is 4. The third-order valence-corrected chi connectivity index (χ3v) is 6.31. The maximum absolute atomic E-state index is 10.9. The number of aliphatic hydroxyl groups excluding tert-OH is 1. The average Bonchev–Trinajstić information content (AvgIpc) is 2.86. The molecule has 0 bridgehead atoms. The van der Waals surface area contributed by atoms with Crippen molar-refractivity contribution >= 4 is 53.7 Å². The summed E-state index contributed by atoms with van der Waals surface area (Å²) >= 11 is 7.18. The first-order valence-corrected chi connectivity index (χ1v) is 11.0. The summed E-state index contributed by atoms with van der Waals surface area (Å²) in [7, 11) is 0. The summed E-state index contributed by atoms with van der Waals surface area (Å²) in [5.41, 5.74) is 2.31. The Hall–Kier alpha value is -0.920. The molecule has 4 nitrogen and oxygen atoms in total. The molecule has 0 spiro atoms. The molecule has 1 aliphatic heterocycles. The van der Waals surface area contributed by atoms with Crippen LogP contribution in [0.4, 0.5) is 0 Å². The van der Waals surface area contributed by atoms with E-state index in [-0.39, 0.29) is 12.2 Å². The van der Waals surface area contributed by atoms with Gasteiger partial charge in [0, 0.05) is 30.8 Å². The minimum Gasteiger partial charge on any atom is -0.385 e. The molecular formula is C21H25Br2N2O2+. The Morgan fingerprint density at radius 3 is 2.07 bits per heavy atom. The molecule has 2 heterocycles. The zero-order valence-electron chi connectivity index (χ0n) is 15.6. The smallest absolute Gasteiger partial charge is 0.121 e. The fourth-order valence-corrected chi connectivity index (χ4v) is 5.13. The summed E-state index contributed by atoms with van der Waals surface area (Å²) < 4.78 is 10.2. The van der Waals surface area contributed by atoms with Crippen LogP contribution in [0.2, 0.25) is 0 Å². The van der Waals surface area contributed by atoms with Crippen molar-refractivity contribution in [3.8, 4) is 0 Å². The van der Waals surface area contributed by atoms with E-state index in [0.717, 1.165) is 39.6 Å². The van der Waals surface area contributed by atoms with Crippen molar-refractivity contribution < 1.29 is 14.7 Å². The predicted octanol–water partition coefficient (Wildman–Crippen LogP) is 3.37. The fraction of sp³-hybridized carbons (Fsp3) is 0.429. The van der Waals surface area contributed by atoms with Crippen LogP contribution in [0.5, 0.6) is 0 Å². The molecule has 1 aliphatic rings. The second kappa shape index (κ2) is 7.84. The molecular weight excluding hydrogens is 472 g/mol. The second-order valence-corrected chi connectivity index (χ2v) is 9.54. The molecule has 2 N–H and O–H groups in total. The first kappa shape index (κ1) is 19.4. The number of ether oxygens (including phenoxy) is 1. The molecule has 1 aromatic heterocycles. The van der Waals surface area contributed by atoms with E-state index in [1.54, 1.807) is 0 Å². The van der Waals surface area contributed by atoms with Crippen LogP contribution in [0.1, 0.15) is 13.8 Å². The molecule has 2 aromatic carbocycles. The van der Waals surface area contributed by atoms with Crippen LogP contribution >= 0.6 is 31.9 Å². The zero-order chi connectivity index (χ0) is 19.1. The van der Waals surface area contributed by atoms with Gasteiger partial charge in [-0.15, -0.1) is 0 Å². The van der Waals surface area contributed by atoms with Crippen LogP contribution in [0.15, 0.2) is 45.3 Å². The van der Waals surface area contributed by atoms with Gasteiger partial charge < -0.3 is 19.3 Å².